The van der Waals surface area contributed by atoms with E-state index >= 15 is 0 Å². The van der Waals surface area contributed by atoms with Crippen LogP contribution >= 0.6 is 0 Å². The Morgan fingerprint density at radius 2 is 1.74 bits per heavy atom. The van der Waals surface area contributed by atoms with Crippen molar-refractivity contribution in [3.8, 4) is 0 Å². The molecule has 0 unspecified atom stereocenters. The highest BCUT2D eigenvalue weighted by molar-refractivity contribution is 5.76. The van der Waals surface area contributed by atoms with E-state index in [0.29, 0.717) is 25.3 Å². The highest BCUT2D eigenvalue weighted by Gasteiger charge is 2.31. The van der Waals surface area contributed by atoms with Crippen LogP contribution in [-0.2, 0) is 11.0 Å². The molecule has 10 heteroatoms. The van der Waals surface area contributed by atoms with Crippen LogP contribution in [0.1, 0.15) is 36.9 Å². The molecular weight excluding hydrogens is 457 g/mol. The molecular formula is C25H33F3N6O. The fourth-order valence-corrected chi connectivity index (χ4v) is 4.62. The summed E-state index contributed by atoms with van der Waals surface area (Å²) in [6, 6.07) is 6.65. The third-order valence-corrected chi connectivity index (χ3v) is 6.79. The molecule has 0 aromatic carbocycles. The molecule has 1 amide bonds. The predicted octanol–water partition coefficient (Wildman–Crippen LogP) is 3.81. The summed E-state index contributed by atoms with van der Waals surface area (Å²) in [6.45, 7) is 8.11. The number of amides is 1. The topological polar surface area (TPSA) is 64.6 Å². The molecule has 0 aliphatic carbocycles. The molecule has 4 rings (SSSR count). The molecule has 190 valence electrons. The molecule has 0 saturated carbocycles. The summed E-state index contributed by atoms with van der Waals surface area (Å²) < 4.78 is 38.0. The highest BCUT2D eigenvalue weighted by Crippen LogP contribution is 2.29. The van der Waals surface area contributed by atoms with Gasteiger partial charge in [0.2, 0.25) is 5.91 Å². The zero-order chi connectivity index (χ0) is 24.8. The van der Waals surface area contributed by atoms with E-state index in [4.69, 9.17) is 0 Å². The normalized spacial score (nSPS) is 18.1. The molecule has 2 aliphatic heterocycles. The number of aromatic nitrogens is 2. The van der Waals surface area contributed by atoms with Gasteiger partial charge in [-0.05, 0) is 57.0 Å². The van der Waals surface area contributed by atoms with Crippen molar-refractivity contribution in [2.24, 2.45) is 0 Å². The number of piperidine rings is 1. The van der Waals surface area contributed by atoms with Gasteiger partial charge in [-0.15, -0.1) is 0 Å². The third-order valence-electron chi connectivity index (χ3n) is 6.79. The molecule has 4 heterocycles. The quantitative estimate of drug-likeness (QED) is 0.637. The van der Waals surface area contributed by atoms with Crippen LogP contribution in [-0.4, -0.2) is 77.5 Å². The smallest absolute Gasteiger partial charge is 0.368 e. The van der Waals surface area contributed by atoms with Crippen molar-refractivity contribution in [1.29, 1.82) is 0 Å². The number of aryl methyl sites for hydroxylation is 1. The van der Waals surface area contributed by atoms with E-state index in [1.807, 2.05) is 24.1 Å². The average Bonchev–Trinajstić information content (AvgIpc) is 2.85. The van der Waals surface area contributed by atoms with Gasteiger partial charge in [0.1, 0.15) is 5.82 Å². The predicted molar refractivity (Wildman–Crippen MR) is 129 cm³/mol. The van der Waals surface area contributed by atoms with Crippen LogP contribution in [0.25, 0.3) is 0 Å². The van der Waals surface area contributed by atoms with Crippen molar-refractivity contribution >= 4 is 17.4 Å². The number of alkyl halides is 3. The van der Waals surface area contributed by atoms with Gasteiger partial charge in [-0.25, -0.2) is 4.98 Å². The molecule has 0 bridgehead atoms. The van der Waals surface area contributed by atoms with E-state index < -0.39 is 11.7 Å². The van der Waals surface area contributed by atoms with Crippen LogP contribution in [0.15, 0.2) is 36.7 Å². The van der Waals surface area contributed by atoms with Crippen LogP contribution in [0, 0.1) is 6.92 Å². The first-order valence-electron chi connectivity index (χ1n) is 12.3. The number of hydrogen-bond acceptors (Lipinski definition) is 6. The number of anilines is 2. The lowest BCUT2D eigenvalue weighted by Crippen LogP contribution is -2.47. The fraction of sp³-hybridized carbons (Fsp3) is 0.560. The summed E-state index contributed by atoms with van der Waals surface area (Å²) in [5.74, 6) is 0.613. The maximum atomic E-state index is 12.7. The fourth-order valence-electron chi connectivity index (χ4n) is 4.62. The maximum absolute atomic E-state index is 12.7. The van der Waals surface area contributed by atoms with Gasteiger partial charge in [0.15, 0.2) is 0 Å². The minimum absolute atomic E-state index is 0.100. The average molecular weight is 491 g/mol. The van der Waals surface area contributed by atoms with Gasteiger partial charge in [-0.3, -0.25) is 14.7 Å². The Kier molecular flexibility index (Phi) is 8.10. The van der Waals surface area contributed by atoms with E-state index in [1.165, 1.54) is 6.07 Å². The summed E-state index contributed by atoms with van der Waals surface area (Å²) in [4.78, 5) is 27.6. The lowest BCUT2D eigenvalue weighted by Gasteiger charge is -2.36. The second kappa shape index (κ2) is 11.2. The molecule has 0 atom stereocenters. The highest BCUT2D eigenvalue weighted by atomic mass is 19.4. The second-order valence-corrected chi connectivity index (χ2v) is 9.32. The lowest BCUT2D eigenvalue weighted by molar-refractivity contribution is -0.137. The molecule has 7 nitrogen and oxygen atoms in total. The Labute approximate surface area is 204 Å². The number of nitrogens with one attached hydrogen (secondary N) is 1. The summed E-state index contributed by atoms with van der Waals surface area (Å²) >= 11 is 0. The Bertz CT molecular complexity index is 951. The number of rotatable bonds is 7. The Morgan fingerprint density at radius 3 is 2.34 bits per heavy atom. The number of hydrogen-bond donors (Lipinski definition) is 1. The number of piperazine rings is 1. The van der Waals surface area contributed by atoms with Crippen molar-refractivity contribution in [2.45, 2.75) is 44.8 Å². The molecule has 0 radical (unpaired) electrons. The number of carbonyl (C=O) groups is 1. The minimum Gasteiger partial charge on any atom is -0.368 e. The van der Waals surface area contributed by atoms with Gasteiger partial charge in [-0.2, -0.15) is 13.2 Å². The van der Waals surface area contributed by atoms with E-state index in [1.54, 1.807) is 0 Å². The standard InChI is InChI=1S/C25H33F3N6O/c1-19-4-6-22(18-29-19)33-15-13-32(14-16-33)10-2-3-24(35)34-11-8-21(9-12-34)31-23-7-5-20(17-30-23)25(26,27)28/h4-7,17-18,21H,2-3,8-16H2,1H3,(H,30,31). The van der Waals surface area contributed by atoms with Crippen LogP contribution < -0.4 is 10.2 Å². The van der Waals surface area contributed by atoms with E-state index in [-0.39, 0.29) is 11.9 Å². The van der Waals surface area contributed by atoms with Gasteiger partial charge in [0, 0.05) is 63.6 Å². The summed E-state index contributed by atoms with van der Waals surface area (Å²) in [5, 5.41) is 3.19. The minimum atomic E-state index is -4.38. The van der Waals surface area contributed by atoms with Crippen LogP contribution in [0.2, 0.25) is 0 Å². The molecule has 2 aromatic rings. The van der Waals surface area contributed by atoms with Crippen molar-refractivity contribution < 1.29 is 18.0 Å². The van der Waals surface area contributed by atoms with Crippen LogP contribution in [0.3, 0.4) is 0 Å². The molecule has 1 N–H and O–H groups in total. The first-order valence-corrected chi connectivity index (χ1v) is 12.3. The van der Waals surface area contributed by atoms with Crippen molar-refractivity contribution in [3.05, 3.63) is 47.9 Å². The van der Waals surface area contributed by atoms with Gasteiger partial charge in [-0.1, -0.05) is 0 Å². The zero-order valence-electron chi connectivity index (χ0n) is 20.1. The summed E-state index contributed by atoms with van der Waals surface area (Å²) in [7, 11) is 0. The van der Waals surface area contributed by atoms with Gasteiger partial charge in [0.25, 0.3) is 0 Å². The van der Waals surface area contributed by atoms with Crippen LogP contribution in [0.4, 0.5) is 24.7 Å². The van der Waals surface area contributed by atoms with Gasteiger partial charge >= 0.3 is 6.18 Å². The van der Waals surface area contributed by atoms with Gasteiger partial charge in [0.05, 0.1) is 17.4 Å². The Morgan fingerprint density at radius 1 is 1.00 bits per heavy atom. The first-order chi connectivity index (χ1) is 16.8. The SMILES string of the molecule is Cc1ccc(N2CCN(CCCC(=O)N3CCC(Nc4ccc(C(F)(F)F)cn4)CC3)CC2)cn1. The number of likely N-dealkylation sites (tertiary alicyclic amines) is 1. The van der Waals surface area contributed by atoms with Crippen molar-refractivity contribution in [2.75, 3.05) is 56.0 Å². The molecule has 35 heavy (non-hydrogen) atoms. The third kappa shape index (κ3) is 7.06. The van der Waals surface area contributed by atoms with Crippen molar-refractivity contribution in [1.82, 2.24) is 19.8 Å². The zero-order valence-corrected chi connectivity index (χ0v) is 20.1. The molecule has 2 saturated heterocycles. The maximum Gasteiger partial charge on any atom is 0.417 e. The second-order valence-electron chi connectivity index (χ2n) is 9.32. The van der Waals surface area contributed by atoms with Crippen molar-refractivity contribution in [3.63, 3.8) is 0 Å². The number of pyridine rings is 2. The molecule has 2 fully saturated rings. The van der Waals surface area contributed by atoms with Crippen LogP contribution in [0.5, 0.6) is 0 Å². The van der Waals surface area contributed by atoms with E-state index in [0.717, 1.165) is 75.6 Å². The number of halogens is 3. The summed E-state index contributed by atoms with van der Waals surface area (Å²) in [5.41, 5.74) is 1.43. The molecule has 2 aliphatic rings. The van der Waals surface area contributed by atoms with Gasteiger partial charge < -0.3 is 15.1 Å². The molecule has 2 aromatic heterocycles. The lowest BCUT2D eigenvalue weighted by atomic mass is 10.0. The van der Waals surface area contributed by atoms with E-state index in [9.17, 15) is 18.0 Å². The number of carbonyl (C=O) groups excluding carboxylic acids is 1. The Hall–Kier alpha value is -2.88. The number of nitrogens with zero attached hydrogens (tertiary/aromatic N) is 5. The largest absolute Gasteiger partial charge is 0.417 e. The first kappa shape index (κ1) is 25.2. The summed E-state index contributed by atoms with van der Waals surface area (Å²) in [6.07, 6.45) is 1.29. The Balaban J connectivity index is 1.11. The van der Waals surface area contributed by atoms with E-state index in [2.05, 4.69) is 31.2 Å². The molecule has 0 spiro atoms. The monoisotopic (exact) mass is 490 g/mol.